The van der Waals surface area contributed by atoms with Gasteiger partial charge in [0, 0.05) is 37.3 Å². The summed E-state index contributed by atoms with van der Waals surface area (Å²) in [5.74, 6) is -0.894. The second-order valence-electron chi connectivity index (χ2n) is 7.28. The fourth-order valence-electron chi connectivity index (χ4n) is 3.63. The maximum absolute atomic E-state index is 13.9. The number of nitrogens with zero attached hydrogens (tertiary/aromatic N) is 2. The Labute approximate surface area is 181 Å². The largest absolute Gasteiger partial charge is 0.495 e. The Balaban J connectivity index is 1.77. The molecule has 6 nitrogen and oxygen atoms in total. The van der Waals surface area contributed by atoms with E-state index in [0.29, 0.717) is 24.9 Å². The number of carbonyl (C=O) groups is 1. The van der Waals surface area contributed by atoms with E-state index in [1.807, 2.05) is 0 Å². The van der Waals surface area contributed by atoms with E-state index in [2.05, 4.69) is 0 Å². The maximum Gasteiger partial charge on any atom is 0.246 e. The highest BCUT2D eigenvalue weighted by Gasteiger charge is 2.36. The Bertz CT molecular complexity index is 1030. The van der Waals surface area contributed by atoms with E-state index >= 15 is 0 Å². The predicted octanol–water partition coefficient (Wildman–Crippen LogP) is 3.55. The molecule has 2 aromatic carbocycles. The fourth-order valence-corrected chi connectivity index (χ4v) is 5.57. The molecule has 2 aromatic rings. The van der Waals surface area contributed by atoms with E-state index in [-0.39, 0.29) is 40.5 Å². The number of carbonyl (C=O) groups excluding carboxylic acids is 1. The van der Waals surface area contributed by atoms with Crippen molar-refractivity contribution >= 4 is 27.5 Å². The van der Waals surface area contributed by atoms with Crippen molar-refractivity contribution in [2.45, 2.75) is 24.3 Å². The number of benzene rings is 2. The lowest BCUT2D eigenvalue weighted by Crippen LogP contribution is -2.45. The van der Waals surface area contributed by atoms with Crippen molar-refractivity contribution in [3.8, 4) is 5.75 Å². The number of methoxy groups -OCH3 is 1. The van der Waals surface area contributed by atoms with Crippen molar-refractivity contribution in [3.05, 3.63) is 58.9 Å². The van der Waals surface area contributed by atoms with Crippen LogP contribution in [0.15, 0.2) is 47.4 Å². The van der Waals surface area contributed by atoms with Gasteiger partial charge in [-0.2, -0.15) is 4.31 Å². The zero-order chi connectivity index (χ0) is 21.9. The van der Waals surface area contributed by atoms with E-state index in [1.54, 1.807) is 31.3 Å². The summed E-state index contributed by atoms with van der Waals surface area (Å²) in [6.45, 7) is 0.480. The van der Waals surface area contributed by atoms with Crippen LogP contribution in [0.4, 0.5) is 4.39 Å². The molecule has 1 atom stereocenters. The molecule has 0 aliphatic carbocycles. The molecule has 1 saturated heterocycles. The van der Waals surface area contributed by atoms with Crippen molar-refractivity contribution in [1.82, 2.24) is 9.21 Å². The number of piperidine rings is 1. The summed E-state index contributed by atoms with van der Waals surface area (Å²) < 4.78 is 46.8. The van der Waals surface area contributed by atoms with Gasteiger partial charge in [-0.1, -0.05) is 29.8 Å². The van der Waals surface area contributed by atoms with Crippen molar-refractivity contribution in [2.24, 2.45) is 5.92 Å². The van der Waals surface area contributed by atoms with Crippen LogP contribution in [0.2, 0.25) is 5.02 Å². The number of sulfonamides is 1. The van der Waals surface area contributed by atoms with Gasteiger partial charge in [0.15, 0.2) is 0 Å². The van der Waals surface area contributed by atoms with Crippen LogP contribution < -0.4 is 4.74 Å². The minimum absolute atomic E-state index is 0.0229. The lowest BCUT2D eigenvalue weighted by Gasteiger charge is -2.33. The average Bonchev–Trinajstić information content (AvgIpc) is 2.74. The lowest BCUT2D eigenvalue weighted by molar-refractivity contribution is -0.135. The molecular weight excluding hydrogens is 431 g/mol. The van der Waals surface area contributed by atoms with Gasteiger partial charge >= 0.3 is 0 Å². The number of hydrogen-bond acceptors (Lipinski definition) is 4. The van der Waals surface area contributed by atoms with Gasteiger partial charge in [-0.15, -0.1) is 0 Å². The molecule has 1 fully saturated rings. The normalized spacial score (nSPS) is 17.5. The highest BCUT2D eigenvalue weighted by atomic mass is 35.5. The van der Waals surface area contributed by atoms with Gasteiger partial charge in [0.25, 0.3) is 0 Å². The minimum Gasteiger partial charge on any atom is -0.495 e. The first-order valence-electron chi connectivity index (χ1n) is 9.56. The molecule has 0 N–H and O–H groups in total. The highest BCUT2D eigenvalue weighted by molar-refractivity contribution is 7.89. The molecule has 1 heterocycles. The number of amides is 1. The van der Waals surface area contributed by atoms with Crippen LogP contribution in [0.3, 0.4) is 0 Å². The van der Waals surface area contributed by atoms with Crippen molar-refractivity contribution in [1.29, 1.82) is 0 Å². The first-order valence-corrected chi connectivity index (χ1v) is 11.4. The third-order valence-electron chi connectivity index (χ3n) is 5.22. The quantitative estimate of drug-likeness (QED) is 0.669. The molecule has 0 radical (unpaired) electrons. The second kappa shape index (κ2) is 9.32. The summed E-state index contributed by atoms with van der Waals surface area (Å²) >= 11 is 6.00. The summed E-state index contributed by atoms with van der Waals surface area (Å²) in [4.78, 5) is 14.4. The second-order valence-corrected chi connectivity index (χ2v) is 9.63. The Morgan fingerprint density at radius 3 is 2.73 bits per heavy atom. The van der Waals surface area contributed by atoms with Crippen molar-refractivity contribution in [3.63, 3.8) is 0 Å². The maximum atomic E-state index is 13.9. The van der Waals surface area contributed by atoms with Crippen LogP contribution >= 0.6 is 11.6 Å². The Morgan fingerprint density at radius 2 is 2.03 bits per heavy atom. The summed E-state index contributed by atoms with van der Waals surface area (Å²) in [6, 6.07) is 10.7. The molecule has 30 heavy (non-hydrogen) atoms. The third kappa shape index (κ3) is 4.77. The van der Waals surface area contributed by atoms with Gasteiger partial charge in [0.1, 0.15) is 16.5 Å². The van der Waals surface area contributed by atoms with Gasteiger partial charge < -0.3 is 9.64 Å². The van der Waals surface area contributed by atoms with Crippen LogP contribution in [0, 0.1) is 11.7 Å². The number of ether oxygens (including phenoxy) is 1. The van der Waals surface area contributed by atoms with Crippen LogP contribution in [-0.2, 0) is 21.4 Å². The number of halogens is 2. The molecule has 9 heteroatoms. The van der Waals surface area contributed by atoms with E-state index in [0.717, 1.165) is 0 Å². The zero-order valence-corrected chi connectivity index (χ0v) is 18.4. The molecule has 0 unspecified atom stereocenters. The summed E-state index contributed by atoms with van der Waals surface area (Å²) in [5.41, 5.74) is 0.414. The summed E-state index contributed by atoms with van der Waals surface area (Å²) in [5, 5.41) is 0.281. The third-order valence-corrected chi connectivity index (χ3v) is 7.34. The molecule has 3 rings (SSSR count). The smallest absolute Gasteiger partial charge is 0.246 e. The van der Waals surface area contributed by atoms with Gasteiger partial charge in [-0.3, -0.25) is 4.79 Å². The topological polar surface area (TPSA) is 66.9 Å². The molecule has 1 aliphatic rings. The van der Waals surface area contributed by atoms with E-state index in [9.17, 15) is 17.6 Å². The van der Waals surface area contributed by atoms with E-state index in [4.69, 9.17) is 16.3 Å². The van der Waals surface area contributed by atoms with E-state index in [1.165, 1.54) is 34.5 Å². The zero-order valence-electron chi connectivity index (χ0n) is 16.8. The number of hydrogen-bond donors (Lipinski definition) is 0. The van der Waals surface area contributed by atoms with E-state index < -0.39 is 15.9 Å². The SMILES string of the molecule is COc1ccc(Cl)cc1S(=O)(=O)N1CCC[C@H](C(=O)N(C)Cc2ccccc2F)C1. The average molecular weight is 455 g/mol. The molecular formula is C21H24ClFN2O4S. The van der Waals surface area contributed by atoms with Crippen molar-refractivity contribution < 1.29 is 22.3 Å². The molecule has 0 aromatic heterocycles. The summed E-state index contributed by atoms with van der Waals surface area (Å²) in [6.07, 6.45) is 1.12. The molecule has 1 aliphatic heterocycles. The minimum atomic E-state index is -3.89. The van der Waals surface area contributed by atoms with Gasteiger partial charge in [0.05, 0.1) is 13.0 Å². The van der Waals surface area contributed by atoms with Crippen LogP contribution in [-0.4, -0.2) is 50.8 Å². The Kier molecular flexibility index (Phi) is 7.00. The Morgan fingerprint density at radius 1 is 1.30 bits per heavy atom. The predicted molar refractivity (Wildman–Crippen MR) is 112 cm³/mol. The van der Waals surface area contributed by atoms with Crippen LogP contribution in [0.5, 0.6) is 5.75 Å². The van der Waals surface area contributed by atoms with Gasteiger partial charge in [-0.05, 0) is 37.1 Å². The molecule has 0 saturated carbocycles. The van der Waals surface area contributed by atoms with Gasteiger partial charge in [0.2, 0.25) is 15.9 Å². The number of rotatable bonds is 6. The standard InChI is InChI=1S/C21H24ClFN2O4S/c1-24(13-15-6-3-4-8-18(15)23)21(26)16-7-5-11-25(14-16)30(27,28)20-12-17(22)9-10-19(20)29-2/h3-4,6,8-10,12,16H,5,7,11,13-14H2,1-2H3/t16-/m0/s1. The lowest BCUT2D eigenvalue weighted by atomic mass is 9.98. The van der Waals surface area contributed by atoms with Crippen LogP contribution in [0.1, 0.15) is 18.4 Å². The first kappa shape index (κ1) is 22.5. The molecule has 0 spiro atoms. The molecule has 162 valence electrons. The summed E-state index contributed by atoms with van der Waals surface area (Å²) in [7, 11) is -0.901. The Hall–Kier alpha value is -2.16. The van der Waals surface area contributed by atoms with Crippen LogP contribution in [0.25, 0.3) is 0 Å². The molecule has 0 bridgehead atoms. The van der Waals surface area contributed by atoms with Gasteiger partial charge in [-0.25, -0.2) is 12.8 Å². The molecule has 1 amide bonds. The highest BCUT2D eigenvalue weighted by Crippen LogP contribution is 2.32. The fraction of sp³-hybridized carbons (Fsp3) is 0.381. The first-order chi connectivity index (χ1) is 14.2. The monoisotopic (exact) mass is 454 g/mol. The van der Waals surface area contributed by atoms with Crippen molar-refractivity contribution in [2.75, 3.05) is 27.2 Å².